The highest BCUT2D eigenvalue weighted by molar-refractivity contribution is 7.94. The van der Waals surface area contributed by atoms with E-state index in [-0.39, 0.29) is 0 Å². The molecule has 0 spiro atoms. The molecule has 0 heterocycles. The van der Waals surface area contributed by atoms with Crippen molar-refractivity contribution in [2.75, 3.05) is 6.26 Å². The lowest BCUT2D eigenvalue weighted by atomic mass is 9.86. The lowest BCUT2D eigenvalue weighted by Gasteiger charge is -2.23. The SMILES string of the molecule is CC(C)C1=CC=C(S(C)(=O)=O)CC1C. The zero-order chi connectivity index (χ0) is 10.9. The van der Waals surface area contributed by atoms with Crippen molar-refractivity contribution in [1.82, 2.24) is 0 Å². The Morgan fingerprint density at radius 1 is 1.36 bits per heavy atom. The molecule has 3 heteroatoms. The Balaban J connectivity index is 3.02. The minimum atomic E-state index is -2.99. The summed E-state index contributed by atoms with van der Waals surface area (Å²) in [5.41, 5.74) is 1.34. The van der Waals surface area contributed by atoms with E-state index >= 15 is 0 Å². The van der Waals surface area contributed by atoms with Gasteiger partial charge >= 0.3 is 0 Å². The summed E-state index contributed by atoms with van der Waals surface area (Å²) in [6, 6.07) is 0. The molecule has 0 amide bonds. The average Bonchev–Trinajstić information content (AvgIpc) is 2.01. The Kier molecular flexibility index (Phi) is 3.20. The van der Waals surface area contributed by atoms with Gasteiger partial charge in [-0.2, -0.15) is 0 Å². The van der Waals surface area contributed by atoms with Crippen molar-refractivity contribution < 1.29 is 8.42 Å². The predicted octanol–water partition coefficient (Wildman–Crippen LogP) is 2.54. The molecule has 1 aliphatic carbocycles. The van der Waals surface area contributed by atoms with Crippen molar-refractivity contribution in [3.8, 4) is 0 Å². The maximum Gasteiger partial charge on any atom is 0.171 e. The third-order valence-electron chi connectivity index (χ3n) is 2.68. The van der Waals surface area contributed by atoms with E-state index in [1.165, 1.54) is 11.8 Å². The molecule has 0 saturated carbocycles. The summed E-state index contributed by atoms with van der Waals surface area (Å²) in [6.45, 7) is 6.37. The van der Waals surface area contributed by atoms with Crippen molar-refractivity contribution in [3.63, 3.8) is 0 Å². The minimum absolute atomic E-state index is 0.352. The van der Waals surface area contributed by atoms with E-state index in [1.54, 1.807) is 6.08 Å². The number of hydrogen-bond donors (Lipinski definition) is 0. The molecule has 2 nitrogen and oxygen atoms in total. The van der Waals surface area contributed by atoms with E-state index in [2.05, 4.69) is 20.8 Å². The van der Waals surface area contributed by atoms with Crippen molar-refractivity contribution in [2.24, 2.45) is 11.8 Å². The van der Waals surface area contributed by atoms with Crippen LogP contribution in [0.2, 0.25) is 0 Å². The van der Waals surface area contributed by atoms with E-state index in [0.717, 1.165) is 0 Å². The molecule has 0 aromatic carbocycles. The van der Waals surface area contributed by atoms with Crippen LogP contribution in [0, 0.1) is 11.8 Å². The third kappa shape index (κ3) is 2.47. The van der Waals surface area contributed by atoms with Gasteiger partial charge < -0.3 is 0 Å². The summed E-state index contributed by atoms with van der Waals surface area (Å²) < 4.78 is 22.6. The number of sulfone groups is 1. The van der Waals surface area contributed by atoms with Gasteiger partial charge in [0.15, 0.2) is 9.84 Å². The smallest absolute Gasteiger partial charge is 0.171 e. The summed E-state index contributed by atoms with van der Waals surface area (Å²) in [5, 5.41) is 0. The summed E-state index contributed by atoms with van der Waals surface area (Å²) in [7, 11) is -2.99. The number of rotatable bonds is 2. The lowest BCUT2D eigenvalue weighted by molar-refractivity contribution is 0.567. The standard InChI is InChI=1S/C11H18O2S/c1-8(2)11-6-5-10(7-9(11)3)14(4,12)13/h5-6,8-9H,7H2,1-4H3. The molecule has 0 aromatic rings. The van der Waals surface area contributed by atoms with Gasteiger partial charge in [-0.1, -0.05) is 32.4 Å². The predicted molar refractivity (Wildman–Crippen MR) is 59.6 cm³/mol. The number of hydrogen-bond acceptors (Lipinski definition) is 2. The summed E-state index contributed by atoms with van der Waals surface area (Å²) in [4.78, 5) is 0.564. The quantitative estimate of drug-likeness (QED) is 0.708. The fraction of sp³-hybridized carbons (Fsp3) is 0.636. The maximum absolute atomic E-state index is 11.3. The van der Waals surface area contributed by atoms with Gasteiger partial charge in [-0.05, 0) is 24.3 Å². The van der Waals surface area contributed by atoms with Crippen molar-refractivity contribution in [3.05, 3.63) is 22.6 Å². The molecule has 1 unspecified atom stereocenters. The second kappa shape index (κ2) is 3.89. The third-order valence-corrected chi connectivity index (χ3v) is 3.94. The first-order chi connectivity index (χ1) is 6.32. The minimum Gasteiger partial charge on any atom is -0.224 e. The highest BCUT2D eigenvalue weighted by atomic mass is 32.2. The maximum atomic E-state index is 11.3. The highest BCUT2D eigenvalue weighted by Crippen LogP contribution is 2.31. The Bertz CT molecular complexity index is 372. The molecule has 0 N–H and O–H groups in total. The van der Waals surface area contributed by atoms with Crippen molar-refractivity contribution in [2.45, 2.75) is 27.2 Å². The van der Waals surface area contributed by atoms with Crippen LogP contribution in [0.3, 0.4) is 0 Å². The van der Waals surface area contributed by atoms with E-state index in [1.807, 2.05) is 6.08 Å². The fourth-order valence-electron chi connectivity index (χ4n) is 1.88. The van der Waals surface area contributed by atoms with Gasteiger partial charge in [0, 0.05) is 11.2 Å². The Morgan fingerprint density at radius 3 is 2.29 bits per heavy atom. The molecule has 1 aliphatic rings. The molecule has 0 aliphatic heterocycles. The van der Waals surface area contributed by atoms with Crippen LogP contribution < -0.4 is 0 Å². The van der Waals surface area contributed by atoms with E-state index in [9.17, 15) is 8.42 Å². The monoisotopic (exact) mass is 214 g/mol. The van der Waals surface area contributed by atoms with Gasteiger partial charge in [-0.15, -0.1) is 0 Å². The van der Waals surface area contributed by atoms with Crippen LogP contribution in [-0.4, -0.2) is 14.7 Å². The summed E-state index contributed by atoms with van der Waals surface area (Å²) in [6.07, 6.45) is 5.66. The fourth-order valence-corrected chi connectivity index (χ4v) is 2.75. The van der Waals surface area contributed by atoms with Gasteiger partial charge in [0.05, 0.1) is 0 Å². The topological polar surface area (TPSA) is 34.1 Å². The molecule has 1 rings (SSSR count). The van der Waals surface area contributed by atoms with Crippen LogP contribution in [0.4, 0.5) is 0 Å². The Labute approximate surface area is 86.6 Å². The molecule has 0 fully saturated rings. The van der Waals surface area contributed by atoms with Crippen LogP contribution in [-0.2, 0) is 9.84 Å². The molecular formula is C11H18O2S. The van der Waals surface area contributed by atoms with E-state index in [4.69, 9.17) is 0 Å². The summed E-state index contributed by atoms with van der Waals surface area (Å²) in [5.74, 6) is 0.854. The molecule has 0 saturated heterocycles. The van der Waals surface area contributed by atoms with Crippen LogP contribution in [0.5, 0.6) is 0 Å². The zero-order valence-corrected chi connectivity index (χ0v) is 10.1. The first-order valence-electron chi connectivity index (χ1n) is 4.93. The highest BCUT2D eigenvalue weighted by Gasteiger charge is 2.21. The summed E-state index contributed by atoms with van der Waals surface area (Å²) >= 11 is 0. The Morgan fingerprint density at radius 2 is 1.93 bits per heavy atom. The molecule has 0 bridgehead atoms. The molecule has 0 aromatic heterocycles. The molecule has 1 atom stereocenters. The van der Waals surface area contributed by atoms with E-state index < -0.39 is 9.84 Å². The first kappa shape index (κ1) is 11.5. The van der Waals surface area contributed by atoms with Crippen molar-refractivity contribution >= 4 is 9.84 Å². The van der Waals surface area contributed by atoms with Gasteiger partial charge in [-0.3, -0.25) is 0 Å². The van der Waals surface area contributed by atoms with Crippen LogP contribution in [0.15, 0.2) is 22.6 Å². The second-order valence-electron chi connectivity index (χ2n) is 4.33. The van der Waals surface area contributed by atoms with Gasteiger partial charge in [0.2, 0.25) is 0 Å². The Hall–Kier alpha value is -0.570. The average molecular weight is 214 g/mol. The van der Waals surface area contributed by atoms with Gasteiger partial charge in [0.1, 0.15) is 0 Å². The lowest BCUT2D eigenvalue weighted by Crippen LogP contribution is -2.14. The van der Waals surface area contributed by atoms with Crippen molar-refractivity contribution in [1.29, 1.82) is 0 Å². The zero-order valence-electron chi connectivity index (χ0n) is 9.24. The van der Waals surface area contributed by atoms with Crippen LogP contribution in [0.25, 0.3) is 0 Å². The normalized spacial score (nSPS) is 23.4. The van der Waals surface area contributed by atoms with Crippen LogP contribution >= 0.6 is 0 Å². The van der Waals surface area contributed by atoms with Gasteiger partial charge in [0.25, 0.3) is 0 Å². The van der Waals surface area contributed by atoms with Gasteiger partial charge in [-0.25, -0.2) is 8.42 Å². The largest absolute Gasteiger partial charge is 0.224 e. The molecule has 0 radical (unpaired) electrons. The molecule has 14 heavy (non-hydrogen) atoms. The molecule has 80 valence electrons. The molecular weight excluding hydrogens is 196 g/mol. The van der Waals surface area contributed by atoms with Crippen LogP contribution in [0.1, 0.15) is 27.2 Å². The first-order valence-corrected chi connectivity index (χ1v) is 6.82. The number of allylic oxidation sites excluding steroid dienone is 4. The second-order valence-corrected chi connectivity index (χ2v) is 6.40. The van der Waals surface area contributed by atoms with E-state index in [0.29, 0.717) is 23.2 Å².